The van der Waals surface area contributed by atoms with Gasteiger partial charge in [0.1, 0.15) is 5.02 Å². The summed E-state index contributed by atoms with van der Waals surface area (Å²) < 4.78 is 0. The third-order valence-corrected chi connectivity index (χ3v) is 3.98. The lowest BCUT2D eigenvalue weighted by molar-refractivity contribution is -0.384. The van der Waals surface area contributed by atoms with Crippen LogP contribution in [0.15, 0.2) is 18.2 Å². The van der Waals surface area contributed by atoms with Gasteiger partial charge in [-0.1, -0.05) is 18.5 Å². The maximum atomic E-state index is 12.3. The molecule has 0 spiro atoms. The second-order valence-corrected chi connectivity index (χ2v) is 5.60. The van der Waals surface area contributed by atoms with Crippen LogP contribution in [0, 0.1) is 15.5 Å². The Kier molecular flexibility index (Phi) is 4.25. The number of hydrogen-bond acceptors (Lipinski definition) is 4. The maximum Gasteiger partial charge on any atom is 0.289 e. The van der Waals surface area contributed by atoms with E-state index < -0.39 is 10.3 Å². The van der Waals surface area contributed by atoms with Crippen LogP contribution in [0.1, 0.15) is 19.8 Å². The molecule has 108 valence electrons. The minimum atomic E-state index is -0.565. The average Bonchev–Trinajstić information content (AvgIpc) is 2.41. The van der Waals surface area contributed by atoms with E-state index in [-0.39, 0.29) is 16.6 Å². The third kappa shape index (κ3) is 3.08. The summed E-state index contributed by atoms with van der Waals surface area (Å²) in [4.78, 5) is 22.6. The van der Waals surface area contributed by atoms with Crippen LogP contribution >= 0.6 is 11.6 Å². The van der Waals surface area contributed by atoms with Crippen LogP contribution < -0.4 is 10.6 Å². The summed E-state index contributed by atoms with van der Waals surface area (Å²) in [7, 11) is 0. The molecule has 1 heterocycles. The molecule has 0 unspecified atom stereocenters. The molecule has 1 aromatic rings. The molecule has 1 aliphatic rings. The van der Waals surface area contributed by atoms with Crippen molar-refractivity contribution in [3.8, 4) is 0 Å². The fourth-order valence-electron chi connectivity index (χ4n) is 2.22. The number of piperidine rings is 1. The van der Waals surface area contributed by atoms with Gasteiger partial charge in [-0.05, 0) is 38.1 Å². The summed E-state index contributed by atoms with van der Waals surface area (Å²) in [6.07, 6.45) is 1.49. The SMILES string of the molecule is CC1(C(=O)Nc2ccc(Cl)c([N+](=O)[O-])c2)CCNCC1. The van der Waals surface area contributed by atoms with Gasteiger partial charge in [-0.25, -0.2) is 0 Å². The summed E-state index contributed by atoms with van der Waals surface area (Å²) in [6.45, 7) is 3.50. The van der Waals surface area contributed by atoms with E-state index in [1.54, 1.807) is 6.07 Å². The van der Waals surface area contributed by atoms with Gasteiger partial charge < -0.3 is 10.6 Å². The summed E-state index contributed by atoms with van der Waals surface area (Å²) in [5.74, 6) is -0.115. The van der Waals surface area contributed by atoms with Crippen LogP contribution in [0.5, 0.6) is 0 Å². The van der Waals surface area contributed by atoms with Crippen LogP contribution in [-0.4, -0.2) is 23.9 Å². The van der Waals surface area contributed by atoms with E-state index in [1.807, 2.05) is 6.92 Å². The van der Waals surface area contributed by atoms with Gasteiger partial charge in [0.25, 0.3) is 5.69 Å². The standard InChI is InChI=1S/C13H16ClN3O3/c1-13(4-6-15-7-5-13)12(18)16-9-2-3-10(14)11(8-9)17(19)20/h2-3,8,15H,4-7H2,1H3,(H,16,18). The molecule has 0 saturated carbocycles. The van der Waals surface area contributed by atoms with Crippen LogP contribution in [0.25, 0.3) is 0 Å². The summed E-state index contributed by atoms with van der Waals surface area (Å²) >= 11 is 5.74. The number of hydrogen-bond donors (Lipinski definition) is 2. The molecule has 1 fully saturated rings. The first kappa shape index (κ1) is 14.7. The number of nitrogens with zero attached hydrogens (tertiary/aromatic N) is 1. The molecule has 0 atom stereocenters. The molecule has 1 amide bonds. The van der Waals surface area contributed by atoms with Crippen molar-refractivity contribution in [2.24, 2.45) is 5.41 Å². The minimum absolute atomic E-state index is 0.0566. The quantitative estimate of drug-likeness (QED) is 0.663. The van der Waals surface area contributed by atoms with E-state index in [0.717, 1.165) is 25.9 Å². The Bertz CT molecular complexity index is 542. The van der Waals surface area contributed by atoms with Crippen molar-refractivity contribution < 1.29 is 9.72 Å². The number of anilines is 1. The van der Waals surface area contributed by atoms with E-state index in [4.69, 9.17) is 11.6 Å². The van der Waals surface area contributed by atoms with Crippen molar-refractivity contribution >= 4 is 28.9 Å². The molecule has 6 nitrogen and oxygen atoms in total. The first-order valence-corrected chi connectivity index (χ1v) is 6.76. The zero-order valence-electron chi connectivity index (χ0n) is 11.1. The van der Waals surface area contributed by atoms with Gasteiger partial charge in [-0.15, -0.1) is 0 Å². The van der Waals surface area contributed by atoms with Crippen molar-refractivity contribution in [2.45, 2.75) is 19.8 Å². The molecule has 0 aliphatic carbocycles. The molecule has 0 aromatic heterocycles. The second-order valence-electron chi connectivity index (χ2n) is 5.19. The minimum Gasteiger partial charge on any atom is -0.325 e. The van der Waals surface area contributed by atoms with E-state index >= 15 is 0 Å². The largest absolute Gasteiger partial charge is 0.325 e. The van der Waals surface area contributed by atoms with Gasteiger partial charge in [0.2, 0.25) is 5.91 Å². The van der Waals surface area contributed by atoms with Crippen molar-refractivity contribution in [3.63, 3.8) is 0 Å². The van der Waals surface area contributed by atoms with Crippen LogP contribution in [0.3, 0.4) is 0 Å². The fraction of sp³-hybridized carbons (Fsp3) is 0.462. The normalized spacial score (nSPS) is 17.5. The van der Waals surface area contributed by atoms with Crippen LogP contribution in [0.4, 0.5) is 11.4 Å². The lowest BCUT2D eigenvalue weighted by Crippen LogP contribution is -2.42. The number of carbonyl (C=O) groups excluding carboxylic acids is 1. The Morgan fingerprint density at radius 2 is 2.10 bits per heavy atom. The Hall–Kier alpha value is -1.66. The molecular formula is C13H16ClN3O3. The lowest BCUT2D eigenvalue weighted by Gasteiger charge is -2.32. The van der Waals surface area contributed by atoms with Gasteiger partial charge >= 0.3 is 0 Å². The molecule has 7 heteroatoms. The Morgan fingerprint density at radius 3 is 2.70 bits per heavy atom. The number of carbonyl (C=O) groups is 1. The number of rotatable bonds is 3. The second kappa shape index (κ2) is 5.76. The molecule has 20 heavy (non-hydrogen) atoms. The van der Waals surface area contributed by atoms with Gasteiger partial charge in [-0.2, -0.15) is 0 Å². The Balaban J connectivity index is 2.15. The van der Waals surface area contributed by atoms with Gasteiger partial charge in [0.15, 0.2) is 0 Å². The summed E-state index contributed by atoms with van der Waals surface area (Å²) in [6, 6.07) is 4.27. The molecule has 2 N–H and O–H groups in total. The predicted octanol–water partition coefficient (Wildman–Crippen LogP) is 2.58. The molecule has 1 aliphatic heterocycles. The number of nitro benzene ring substituents is 1. The number of nitro groups is 1. The third-order valence-electron chi connectivity index (χ3n) is 3.66. The zero-order valence-corrected chi connectivity index (χ0v) is 11.9. The lowest BCUT2D eigenvalue weighted by atomic mass is 9.80. The predicted molar refractivity (Wildman–Crippen MR) is 76.9 cm³/mol. The first-order valence-electron chi connectivity index (χ1n) is 6.38. The highest BCUT2D eigenvalue weighted by atomic mass is 35.5. The van der Waals surface area contributed by atoms with E-state index in [9.17, 15) is 14.9 Å². The van der Waals surface area contributed by atoms with Crippen molar-refractivity contribution in [3.05, 3.63) is 33.3 Å². The van der Waals surface area contributed by atoms with E-state index in [2.05, 4.69) is 10.6 Å². The molecule has 2 rings (SSSR count). The smallest absolute Gasteiger partial charge is 0.289 e. The average molecular weight is 298 g/mol. The van der Waals surface area contributed by atoms with Crippen LogP contribution in [0.2, 0.25) is 5.02 Å². The molecule has 0 radical (unpaired) electrons. The Labute approximate surface area is 121 Å². The molecule has 1 saturated heterocycles. The van der Waals surface area contributed by atoms with Crippen LogP contribution in [-0.2, 0) is 4.79 Å². The highest BCUT2D eigenvalue weighted by Gasteiger charge is 2.34. The van der Waals surface area contributed by atoms with Crippen molar-refractivity contribution in [1.29, 1.82) is 0 Å². The molecule has 1 aromatic carbocycles. The highest BCUT2D eigenvalue weighted by molar-refractivity contribution is 6.32. The number of nitrogens with one attached hydrogen (secondary N) is 2. The zero-order chi connectivity index (χ0) is 14.8. The van der Waals surface area contributed by atoms with Gasteiger partial charge in [0, 0.05) is 17.2 Å². The van der Waals surface area contributed by atoms with Crippen molar-refractivity contribution in [1.82, 2.24) is 5.32 Å². The van der Waals surface area contributed by atoms with Crippen molar-refractivity contribution in [2.75, 3.05) is 18.4 Å². The Morgan fingerprint density at radius 1 is 1.45 bits per heavy atom. The van der Waals surface area contributed by atoms with E-state index in [1.165, 1.54) is 12.1 Å². The number of amides is 1. The number of benzene rings is 1. The maximum absolute atomic E-state index is 12.3. The monoisotopic (exact) mass is 297 g/mol. The first-order chi connectivity index (χ1) is 9.42. The van der Waals surface area contributed by atoms with Gasteiger partial charge in [-0.3, -0.25) is 14.9 Å². The summed E-state index contributed by atoms with van der Waals surface area (Å²) in [5.41, 5.74) is -0.259. The highest BCUT2D eigenvalue weighted by Crippen LogP contribution is 2.31. The van der Waals surface area contributed by atoms with E-state index in [0.29, 0.717) is 5.69 Å². The van der Waals surface area contributed by atoms with Gasteiger partial charge in [0.05, 0.1) is 4.92 Å². The number of halogens is 1. The fourth-order valence-corrected chi connectivity index (χ4v) is 2.40. The molecular weight excluding hydrogens is 282 g/mol. The topological polar surface area (TPSA) is 84.3 Å². The summed E-state index contributed by atoms with van der Waals surface area (Å²) in [5, 5.41) is 16.8. The molecule has 0 bridgehead atoms.